The van der Waals surface area contributed by atoms with E-state index < -0.39 is 34.8 Å². The number of nitrogens with two attached hydrogens (primary N) is 1. The minimum absolute atomic E-state index is 0.0320. The quantitative estimate of drug-likeness (QED) is 0.782. The summed E-state index contributed by atoms with van der Waals surface area (Å²) in [6.45, 7) is -0.990. The molecule has 1 atom stereocenters. The average molecular weight is 416 g/mol. The first-order valence-electron chi connectivity index (χ1n) is 8.52. The van der Waals surface area contributed by atoms with E-state index in [2.05, 4.69) is 4.98 Å². The van der Waals surface area contributed by atoms with Gasteiger partial charge in [0.2, 0.25) is 15.9 Å². The molecule has 2 aromatic rings. The molecular formula is C18H19F3N2O4S. The number of pyridine rings is 1. The van der Waals surface area contributed by atoms with Gasteiger partial charge in [-0.25, -0.2) is 26.7 Å². The fourth-order valence-electron chi connectivity index (χ4n) is 3.53. The zero-order chi connectivity index (χ0) is 20.5. The minimum atomic E-state index is -3.91. The normalized spacial score (nSPS) is 16.7. The van der Waals surface area contributed by atoms with Crippen molar-refractivity contribution in [1.82, 2.24) is 4.98 Å². The van der Waals surface area contributed by atoms with E-state index in [1.807, 2.05) is 0 Å². The van der Waals surface area contributed by atoms with E-state index in [1.54, 1.807) is 12.1 Å². The maximum atomic E-state index is 14.4. The molecular weight excluding hydrogens is 397 g/mol. The number of ether oxygens (including phenoxy) is 2. The number of alkyl halides is 2. The molecule has 0 fully saturated rings. The van der Waals surface area contributed by atoms with Gasteiger partial charge in [0.25, 0.3) is 12.3 Å². The van der Waals surface area contributed by atoms with Gasteiger partial charge in [-0.05, 0) is 42.5 Å². The molecule has 0 saturated carbocycles. The number of fused-ring (bicyclic) bond motifs is 1. The number of benzene rings is 1. The lowest BCUT2D eigenvalue weighted by Gasteiger charge is -2.28. The number of rotatable bonds is 6. The number of sulfonamides is 1. The molecule has 0 spiro atoms. The fourth-order valence-corrected chi connectivity index (χ4v) is 4.36. The van der Waals surface area contributed by atoms with Gasteiger partial charge < -0.3 is 9.47 Å². The van der Waals surface area contributed by atoms with Crippen LogP contribution in [0.25, 0.3) is 0 Å². The van der Waals surface area contributed by atoms with Gasteiger partial charge in [-0.2, -0.15) is 4.98 Å². The SMILES string of the molecule is COc1nc(OCC(F)F)c(F)cc1C1CCCc2c1cccc2S(N)(=O)=O. The zero-order valence-electron chi connectivity index (χ0n) is 15.0. The summed E-state index contributed by atoms with van der Waals surface area (Å²) in [5, 5.41) is 5.32. The van der Waals surface area contributed by atoms with E-state index in [9.17, 15) is 21.6 Å². The molecule has 0 bridgehead atoms. The van der Waals surface area contributed by atoms with E-state index in [4.69, 9.17) is 14.6 Å². The molecule has 2 N–H and O–H groups in total. The topological polar surface area (TPSA) is 91.5 Å². The molecule has 1 aromatic heterocycles. The Labute approximate surface area is 160 Å². The third-order valence-electron chi connectivity index (χ3n) is 4.62. The molecule has 0 aliphatic heterocycles. The molecule has 1 aromatic carbocycles. The van der Waals surface area contributed by atoms with Crippen LogP contribution in [0, 0.1) is 5.82 Å². The van der Waals surface area contributed by atoms with E-state index in [-0.39, 0.29) is 16.7 Å². The van der Waals surface area contributed by atoms with Crippen LogP contribution in [0.1, 0.15) is 35.4 Å². The lowest BCUT2D eigenvalue weighted by atomic mass is 9.79. The van der Waals surface area contributed by atoms with Crippen molar-refractivity contribution in [2.45, 2.75) is 36.5 Å². The Bertz CT molecular complexity index is 983. The Morgan fingerprint density at radius 1 is 1.29 bits per heavy atom. The van der Waals surface area contributed by atoms with E-state index in [0.717, 1.165) is 6.07 Å². The standard InChI is InChI=1S/C18H19F3N2O4S/c1-26-17-13(8-14(19)18(23-17)27-9-16(20)21)11-4-2-6-12-10(11)5-3-7-15(12)28(22,24)25/h3,5,7-8,11,16H,2,4,6,9H2,1H3,(H2,22,24,25). The average Bonchev–Trinajstić information content (AvgIpc) is 2.65. The highest BCUT2D eigenvalue weighted by Crippen LogP contribution is 2.42. The number of aromatic nitrogens is 1. The number of halogens is 3. The van der Waals surface area contributed by atoms with Crippen LogP contribution in [-0.2, 0) is 16.4 Å². The summed E-state index contributed by atoms with van der Waals surface area (Å²) < 4.78 is 72.8. The van der Waals surface area contributed by atoms with Crippen LogP contribution in [0.5, 0.6) is 11.8 Å². The third-order valence-corrected chi connectivity index (χ3v) is 5.62. The molecule has 1 heterocycles. The third kappa shape index (κ3) is 4.07. The van der Waals surface area contributed by atoms with Crippen molar-refractivity contribution >= 4 is 10.0 Å². The first-order chi connectivity index (χ1) is 13.2. The van der Waals surface area contributed by atoms with Crippen LogP contribution >= 0.6 is 0 Å². The van der Waals surface area contributed by atoms with Crippen molar-refractivity contribution in [2.75, 3.05) is 13.7 Å². The molecule has 0 radical (unpaired) electrons. The molecule has 6 nitrogen and oxygen atoms in total. The first-order valence-corrected chi connectivity index (χ1v) is 10.1. The van der Waals surface area contributed by atoms with E-state index in [1.165, 1.54) is 13.2 Å². The summed E-state index contributed by atoms with van der Waals surface area (Å²) in [5.74, 6) is -1.82. The van der Waals surface area contributed by atoms with Crippen molar-refractivity contribution in [3.63, 3.8) is 0 Å². The van der Waals surface area contributed by atoms with Crippen LogP contribution in [-0.4, -0.2) is 33.5 Å². The number of nitrogens with zero attached hydrogens (tertiary/aromatic N) is 1. The van der Waals surface area contributed by atoms with Gasteiger partial charge in [0.15, 0.2) is 12.4 Å². The first kappa shape index (κ1) is 20.4. The maximum Gasteiger partial charge on any atom is 0.272 e. The number of primary sulfonamides is 1. The molecule has 10 heteroatoms. The van der Waals surface area contributed by atoms with Crippen molar-refractivity contribution in [1.29, 1.82) is 0 Å². The summed E-state index contributed by atoms with van der Waals surface area (Å²) in [5.41, 5.74) is 1.66. The predicted molar refractivity (Wildman–Crippen MR) is 94.8 cm³/mol. The Kier molecular flexibility index (Phi) is 5.80. The maximum absolute atomic E-state index is 14.4. The van der Waals surface area contributed by atoms with E-state index in [0.29, 0.717) is 36.0 Å². The smallest absolute Gasteiger partial charge is 0.272 e. The van der Waals surface area contributed by atoms with Crippen LogP contribution in [0.15, 0.2) is 29.2 Å². The highest BCUT2D eigenvalue weighted by atomic mass is 32.2. The van der Waals surface area contributed by atoms with Gasteiger partial charge in [-0.1, -0.05) is 12.1 Å². The fraction of sp³-hybridized carbons (Fsp3) is 0.389. The largest absolute Gasteiger partial charge is 0.481 e. The summed E-state index contributed by atoms with van der Waals surface area (Å²) in [7, 11) is -2.58. The lowest BCUT2D eigenvalue weighted by Crippen LogP contribution is -2.20. The van der Waals surface area contributed by atoms with Crippen LogP contribution in [0.2, 0.25) is 0 Å². The van der Waals surface area contributed by atoms with Crippen molar-refractivity contribution in [2.24, 2.45) is 5.14 Å². The van der Waals surface area contributed by atoms with Crippen molar-refractivity contribution in [3.8, 4) is 11.8 Å². The molecule has 1 aliphatic rings. The number of hydrogen-bond donors (Lipinski definition) is 1. The summed E-state index contributed by atoms with van der Waals surface area (Å²) in [6, 6.07) is 5.91. The van der Waals surface area contributed by atoms with Crippen molar-refractivity contribution < 1.29 is 31.1 Å². The summed E-state index contributed by atoms with van der Waals surface area (Å²) in [6.07, 6.45) is -0.991. The Hall–Kier alpha value is -2.33. The van der Waals surface area contributed by atoms with Gasteiger partial charge in [-0.3, -0.25) is 0 Å². The highest BCUT2D eigenvalue weighted by molar-refractivity contribution is 7.89. The monoisotopic (exact) mass is 416 g/mol. The second-order valence-corrected chi connectivity index (χ2v) is 7.92. The van der Waals surface area contributed by atoms with Gasteiger partial charge in [0, 0.05) is 11.5 Å². The van der Waals surface area contributed by atoms with Crippen LogP contribution in [0.3, 0.4) is 0 Å². The van der Waals surface area contributed by atoms with Crippen molar-refractivity contribution in [3.05, 3.63) is 46.8 Å². The number of methoxy groups -OCH3 is 1. The molecule has 0 amide bonds. The zero-order valence-corrected chi connectivity index (χ0v) is 15.8. The van der Waals surface area contributed by atoms with Gasteiger partial charge >= 0.3 is 0 Å². The predicted octanol–water partition coefficient (Wildman–Crippen LogP) is 2.99. The van der Waals surface area contributed by atoms with Crippen LogP contribution in [0.4, 0.5) is 13.2 Å². The highest BCUT2D eigenvalue weighted by Gasteiger charge is 2.30. The lowest BCUT2D eigenvalue weighted by molar-refractivity contribution is 0.0769. The summed E-state index contributed by atoms with van der Waals surface area (Å²) >= 11 is 0. The molecule has 0 saturated heterocycles. The Morgan fingerprint density at radius 3 is 2.68 bits per heavy atom. The molecule has 28 heavy (non-hydrogen) atoms. The molecule has 1 aliphatic carbocycles. The molecule has 152 valence electrons. The molecule has 3 rings (SSSR count). The number of hydrogen-bond acceptors (Lipinski definition) is 5. The Morgan fingerprint density at radius 2 is 2.04 bits per heavy atom. The van der Waals surface area contributed by atoms with Gasteiger partial charge in [-0.15, -0.1) is 0 Å². The molecule has 1 unspecified atom stereocenters. The summed E-state index contributed by atoms with van der Waals surface area (Å²) in [4.78, 5) is 3.93. The second kappa shape index (κ2) is 7.96. The van der Waals surface area contributed by atoms with Gasteiger partial charge in [0.05, 0.1) is 12.0 Å². The second-order valence-electron chi connectivity index (χ2n) is 6.39. The van der Waals surface area contributed by atoms with Gasteiger partial charge in [0.1, 0.15) is 0 Å². The Balaban J connectivity index is 2.07. The van der Waals surface area contributed by atoms with E-state index >= 15 is 0 Å². The minimum Gasteiger partial charge on any atom is -0.481 e. The van der Waals surface area contributed by atoms with Crippen LogP contribution < -0.4 is 14.6 Å².